The number of para-hydroxylation sites is 1. The molecule has 3 rings (SSSR count). The Bertz CT molecular complexity index is 497. The lowest BCUT2D eigenvalue weighted by Gasteiger charge is -2.00. The highest BCUT2D eigenvalue weighted by Gasteiger charge is 2.10. The summed E-state index contributed by atoms with van der Waals surface area (Å²) in [6, 6.07) is 10.1. The maximum atomic E-state index is 4.55. The minimum Gasteiger partial charge on any atom is -0.292 e. The second-order valence-electron chi connectivity index (χ2n) is 3.60. The molecule has 0 N–H and O–H groups in total. The van der Waals surface area contributed by atoms with Gasteiger partial charge in [0.05, 0.1) is 11.4 Å². The fourth-order valence-corrected chi connectivity index (χ4v) is 1.77. The Balaban J connectivity index is 2.07. The van der Waals surface area contributed by atoms with Crippen LogP contribution in [0.25, 0.3) is 5.69 Å². The van der Waals surface area contributed by atoms with Crippen molar-refractivity contribution in [2.24, 2.45) is 4.99 Å². The Hall–Kier alpha value is -1.90. The number of fused-ring (bicyclic) bond motifs is 1. The predicted molar refractivity (Wildman–Crippen MR) is 59.7 cm³/mol. The summed E-state index contributed by atoms with van der Waals surface area (Å²) in [6.45, 7) is 0.860. The molecular weight excluding hydrogens is 186 g/mol. The van der Waals surface area contributed by atoms with E-state index in [2.05, 4.69) is 22.2 Å². The van der Waals surface area contributed by atoms with E-state index in [0.29, 0.717) is 0 Å². The number of hydrogen-bond donors (Lipinski definition) is 0. The zero-order chi connectivity index (χ0) is 10.1. The second kappa shape index (κ2) is 3.35. The molecule has 1 aromatic heterocycles. The van der Waals surface area contributed by atoms with E-state index in [1.165, 1.54) is 0 Å². The van der Waals surface area contributed by atoms with Crippen LogP contribution in [-0.4, -0.2) is 22.5 Å². The molecule has 0 spiro atoms. The van der Waals surface area contributed by atoms with Crippen molar-refractivity contribution in [1.29, 1.82) is 0 Å². The third-order valence-electron chi connectivity index (χ3n) is 2.55. The van der Waals surface area contributed by atoms with Crippen LogP contribution in [0, 0.1) is 0 Å². The summed E-state index contributed by atoms with van der Waals surface area (Å²) in [5.41, 5.74) is 3.39. The summed E-state index contributed by atoms with van der Waals surface area (Å²) in [4.78, 5) is 4.25. The predicted octanol–water partition coefficient (Wildman–Crippen LogP) is 1.85. The SMILES string of the molecule is C1=NCCc2nn(-c3ccccc3)cc21. The van der Waals surface area contributed by atoms with Crippen molar-refractivity contribution in [1.82, 2.24) is 9.78 Å². The largest absolute Gasteiger partial charge is 0.292 e. The summed E-state index contributed by atoms with van der Waals surface area (Å²) in [5.74, 6) is 0. The lowest BCUT2D eigenvalue weighted by molar-refractivity contribution is 0.820. The van der Waals surface area contributed by atoms with Gasteiger partial charge in [-0.3, -0.25) is 4.99 Å². The molecule has 1 aliphatic heterocycles. The molecule has 3 nitrogen and oxygen atoms in total. The summed E-state index contributed by atoms with van der Waals surface area (Å²) < 4.78 is 1.92. The van der Waals surface area contributed by atoms with Gasteiger partial charge in [0.1, 0.15) is 0 Å². The third-order valence-corrected chi connectivity index (χ3v) is 2.55. The lowest BCUT2D eigenvalue weighted by Crippen LogP contribution is -2.01. The molecule has 15 heavy (non-hydrogen) atoms. The van der Waals surface area contributed by atoms with E-state index in [0.717, 1.165) is 29.9 Å². The molecule has 2 heterocycles. The van der Waals surface area contributed by atoms with Crippen LogP contribution in [-0.2, 0) is 6.42 Å². The maximum Gasteiger partial charge on any atom is 0.0735 e. The zero-order valence-corrected chi connectivity index (χ0v) is 8.30. The van der Waals surface area contributed by atoms with Crippen LogP contribution in [0.5, 0.6) is 0 Å². The number of rotatable bonds is 1. The standard InChI is InChI=1S/C12H11N3/c1-2-4-11(5-3-1)15-9-10-8-13-7-6-12(10)14-15/h1-5,8-9H,6-7H2. The maximum absolute atomic E-state index is 4.55. The molecule has 0 bridgehead atoms. The fourth-order valence-electron chi connectivity index (χ4n) is 1.77. The first-order valence-corrected chi connectivity index (χ1v) is 5.07. The highest BCUT2D eigenvalue weighted by atomic mass is 15.3. The van der Waals surface area contributed by atoms with Crippen molar-refractivity contribution in [3.63, 3.8) is 0 Å². The van der Waals surface area contributed by atoms with Gasteiger partial charge in [0.25, 0.3) is 0 Å². The van der Waals surface area contributed by atoms with E-state index in [4.69, 9.17) is 0 Å². The number of benzene rings is 1. The van der Waals surface area contributed by atoms with Crippen LogP contribution in [0.4, 0.5) is 0 Å². The van der Waals surface area contributed by atoms with Crippen molar-refractivity contribution in [2.45, 2.75) is 6.42 Å². The topological polar surface area (TPSA) is 30.2 Å². The first kappa shape index (κ1) is 8.41. The number of hydrogen-bond acceptors (Lipinski definition) is 2. The molecule has 1 aliphatic rings. The van der Waals surface area contributed by atoms with Crippen molar-refractivity contribution in [3.05, 3.63) is 47.8 Å². The molecule has 3 heteroatoms. The minimum atomic E-state index is 0.860. The molecule has 0 saturated heterocycles. The van der Waals surface area contributed by atoms with Crippen LogP contribution >= 0.6 is 0 Å². The van der Waals surface area contributed by atoms with Gasteiger partial charge in [0.2, 0.25) is 0 Å². The van der Waals surface area contributed by atoms with Crippen LogP contribution in [0.15, 0.2) is 41.5 Å². The Morgan fingerprint density at radius 3 is 2.80 bits per heavy atom. The first-order valence-electron chi connectivity index (χ1n) is 5.07. The van der Waals surface area contributed by atoms with Crippen LogP contribution < -0.4 is 0 Å². The lowest BCUT2D eigenvalue weighted by atomic mass is 10.2. The first-order chi connectivity index (χ1) is 7.43. The molecule has 0 saturated carbocycles. The summed E-state index contributed by atoms with van der Waals surface area (Å²) in [5, 5.41) is 4.55. The van der Waals surface area contributed by atoms with Gasteiger partial charge in [-0.15, -0.1) is 0 Å². The normalized spacial score (nSPS) is 13.9. The highest BCUT2D eigenvalue weighted by molar-refractivity contribution is 5.81. The summed E-state index contributed by atoms with van der Waals surface area (Å²) in [7, 11) is 0. The monoisotopic (exact) mass is 197 g/mol. The van der Waals surface area contributed by atoms with Crippen molar-refractivity contribution < 1.29 is 0 Å². The van der Waals surface area contributed by atoms with Crippen LogP contribution in [0.1, 0.15) is 11.3 Å². The Kier molecular flexibility index (Phi) is 1.88. The second-order valence-corrected chi connectivity index (χ2v) is 3.60. The molecule has 0 fully saturated rings. The summed E-state index contributed by atoms with van der Waals surface area (Å²) in [6.07, 6.45) is 4.89. The molecule has 0 atom stereocenters. The van der Waals surface area contributed by atoms with Gasteiger partial charge in [0.15, 0.2) is 0 Å². The quantitative estimate of drug-likeness (QED) is 0.686. The number of nitrogens with zero attached hydrogens (tertiary/aromatic N) is 3. The van der Waals surface area contributed by atoms with Crippen molar-refractivity contribution in [2.75, 3.05) is 6.54 Å². The van der Waals surface area contributed by atoms with Gasteiger partial charge in [-0.2, -0.15) is 5.10 Å². The Morgan fingerprint density at radius 1 is 1.13 bits per heavy atom. The molecule has 0 aliphatic carbocycles. The van der Waals surface area contributed by atoms with E-state index in [-0.39, 0.29) is 0 Å². The molecule has 2 aromatic rings. The van der Waals surface area contributed by atoms with Gasteiger partial charge < -0.3 is 0 Å². The van der Waals surface area contributed by atoms with Gasteiger partial charge >= 0.3 is 0 Å². The third kappa shape index (κ3) is 1.46. The molecule has 74 valence electrons. The molecular formula is C12H11N3. The van der Waals surface area contributed by atoms with Gasteiger partial charge in [0, 0.05) is 30.9 Å². The van der Waals surface area contributed by atoms with Gasteiger partial charge in [-0.1, -0.05) is 18.2 Å². The van der Waals surface area contributed by atoms with E-state index in [9.17, 15) is 0 Å². The van der Waals surface area contributed by atoms with Crippen molar-refractivity contribution in [3.8, 4) is 5.69 Å². The van der Waals surface area contributed by atoms with Crippen LogP contribution in [0.2, 0.25) is 0 Å². The van der Waals surface area contributed by atoms with Gasteiger partial charge in [-0.25, -0.2) is 4.68 Å². The Labute approximate surface area is 88.1 Å². The highest BCUT2D eigenvalue weighted by Crippen LogP contribution is 2.13. The molecule has 0 unspecified atom stereocenters. The Morgan fingerprint density at radius 2 is 2.00 bits per heavy atom. The average molecular weight is 197 g/mol. The van der Waals surface area contributed by atoms with Gasteiger partial charge in [-0.05, 0) is 12.1 Å². The average Bonchev–Trinajstić information content (AvgIpc) is 2.74. The fraction of sp³-hybridized carbons (Fsp3) is 0.167. The molecule has 1 aromatic carbocycles. The van der Waals surface area contributed by atoms with E-state index >= 15 is 0 Å². The minimum absolute atomic E-state index is 0.860. The number of aliphatic imine (C=N–C) groups is 1. The summed E-state index contributed by atoms with van der Waals surface area (Å²) >= 11 is 0. The van der Waals surface area contributed by atoms with E-state index in [1.807, 2.05) is 35.3 Å². The van der Waals surface area contributed by atoms with E-state index in [1.54, 1.807) is 0 Å². The smallest absolute Gasteiger partial charge is 0.0735 e. The number of aromatic nitrogens is 2. The van der Waals surface area contributed by atoms with Crippen LogP contribution in [0.3, 0.4) is 0 Å². The molecule has 0 radical (unpaired) electrons. The zero-order valence-electron chi connectivity index (χ0n) is 8.30. The molecule has 0 amide bonds. The van der Waals surface area contributed by atoms with E-state index < -0.39 is 0 Å². The van der Waals surface area contributed by atoms with Crippen molar-refractivity contribution >= 4 is 6.21 Å².